The number of aromatic nitrogens is 4. The molecule has 2 aromatic heterocycles. The molecule has 3 heterocycles. The first-order chi connectivity index (χ1) is 11.6. The van der Waals surface area contributed by atoms with E-state index in [2.05, 4.69) is 20.6 Å². The summed E-state index contributed by atoms with van der Waals surface area (Å²) >= 11 is 1.30. The number of ether oxygens (including phenoxy) is 2. The monoisotopic (exact) mass is 343 g/mol. The molecule has 122 valence electrons. The second-order valence-corrected chi connectivity index (χ2v) is 6.23. The van der Waals surface area contributed by atoms with Crippen LogP contribution in [0.25, 0.3) is 10.6 Å². The van der Waals surface area contributed by atoms with Gasteiger partial charge in [-0.25, -0.2) is 4.98 Å². The van der Waals surface area contributed by atoms with Crippen molar-refractivity contribution in [3.8, 4) is 22.1 Å². The van der Waals surface area contributed by atoms with Gasteiger partial charge in [-0.15, -0.1) is 16.4 Å². The van der Waals surface area contributed by atoms with Gasteiger partial charge in [-0.3, -0.25) is 9.48 Å². The summed E-state index contributed by atoms with van der Waals surface area (Å²) in [4.78, 5) is 17.2. The van der Waals surface area contributed by atoms with Crippen LogP contribution in [0.5, 0.6) is 11.5 Å². The van der Waals surface area contributed by atoms with Crippen molar-refractivity contribution in [2.75, 3.05) is 12.1 Å². The number of benzene rings is 1. The van der Waals surface area contributed by atoms with Gasteiger partial charge in [0.2, 0.25) is 6.79 Å². The quantitative estimate of drug-likeness (QED) is 0.784. The fraction of sp³-hybridized carbons (Fsp3) is 0.200. The lowest BCUT2D eigenvalue weighted by atomic mass is 10.2. The molecule has 1 N–H and O–H groups in total. The van der Waals surface area contributed by atoms with Crippen LogP contribution in [0.3, 0.4) is 0 Å². The van der Waals surface area contributed by atoms with Gasteiger partial charge in [0.1, 0.15) is 9.88 Å². The van der Waals surface area contributed by atoms with Crippen molar-refractivity contribution in [1.82, 2.24) is 20.0 Å². The van der Waals surface area contributed by atoms with Crippen LogP contribution in [0.2, 0.25) is 0 Å². The molecule has 0 radical (unpaired) electrons. The molecule has 1 aliphatic heterocycles. The van der Waals surface area contributed by atoms with Crippen LogP contribution in [0.15, 0.2) is 24.4 Å². The Kier molecular flexibility index (Phi) is 3.42. The summed E-state index contributed by atoms with van der Waals surface area (Å²) in [5.41, 5.74) is 1.66. The molecule has 4 rings (SSSR count). The Morgan fingerprint density at radius 2 is 2.17 bits per heavy atom. The number of hydrogen-bond donors (Lipinski definition) is 1. The highest BCUT2D eigenvalue weighted by Gasteiger charge is 2.18. The van der Waals surface area contributed by atoms with Crippen molar-refractivity contribution in [3.05, 3.63) is 35.0 Å². The van der Waals surface area contributed by atoms with E-state index in [1.54, 1.807) is 17.9 Å². The highest BCUT2D eigenvalue weighted by atomic mass is 32.1. The van der Waals surface area contributed by atoms with Gasteiger partial charge < -0.3 is 14.8 Å². The highest BCUT2D eigenvalue weighted by Crippen LogP contribution is 2.37. The Morgan fingerprint density at radius 1 is 1.33 bits per heavy atom. The molecule has 0 bridgehead atoms. The lowest BCUT2D eigenvalue weighted by Gasteiger charge is -2.00. The molecule has 0 aliphatic carbocycles. The van der Waals surface area contributed by atoms with Crippen molar-refractivity contribution in [3.63, 3.8) is 0 Å². The van der Waals surface area contributed by atoms with E-state index in [1.807, 2.05) is 25.1 Å². The molecule has 24 heavy (non-hydrogen) atoms. The summed E-state index contributed by atoms with van der Waals surface area (Å²) in [6.07, 6.45) is 1.55. The molecule has 0 saturated carbocycles. The Morgan fingerprint density at radius 3 is 2.96 bits per heavy atom. The molecule has 0 fully saturated rings. The molecular weight excluding hydrogens is 330 g/mol. The maximum Gasteiger partial charge on any atom is 0.268 e. The van der Waals surface area contributed by atoms with E-state index >= 15 is 0 Å². The number of fused-ring (bicyclic) bond motifs is 1. The Hall–Kier alpha value is -2.94. The van der Waals surface area contributed by atoms with E-state index in [1.165, 1.54) is 11.3 Å². The molecule has 0 spiro atoms. The number of rotatable bonds is 3. The Balaban J connectivity index is 1.56. The van der Waals surface area contributed by atoms with Gasteiger partial charge in [0.05, 0.1) is 11.9 Å². The van der Waals surface area contributed by atoms with E-state index in [0.29, 0.717) is 22.2 Å². The average molecular weight is 343 g/mol. The third-order valence-electron chi connectivity index (χ3n) is 3.69. The van der Waals surface area contributed by atoms with Crippen LogP contribution in [0.4, 0.5) is 5.82 Å². The number of thiazole rings is 1. The number of nitrogens with zero attached hydrogens (tertiary/aromatic N) is 4. The normalized spacial score (nSPS) is 12.4. The number of carbonyl (C=O) groups is 1. The zero-order valence-corrected chi connectivity index (χ0v) is 13.8. The highest BCUT2D eigenvalue weighted by molar-refractivity contribution is 7.17. The first-order valence-electron chi connectivity index (χ1n) is 7.15. The predicted octanol–water partition coefficient (Wildman–Crippen LogP) is 2.23. The Labute approximate surface area is 141 Å². The van der Waals surface area contributed by atoms with E-state index < -0.39 is 0 Å². The summed E-state index contributed by atoms with van der Waals surface area (Å²) in [6, 6.07) is 5.58. The molecule has 9 heteroatoms. The van der Waals surface area contributed by atoms with Crippen molar-refractivity contribution >= 4 is 23.1 Å². The molecule has 3 aromatic rings. The standard InChI is InChI=1S/C15H13N5O3S/c1-8-13(18-19-20(8)2)17-14(21)12-6-16-15(24-12)9-3-4-10-11(5-9)23-7-22-10/h3-6H,7H2,1-2H3,(H,17,21). The molecule has 1 aromatic carbocycles. The first-order valence-corrected chi connectivity index (χ1v) is 7.97. The van der Waals surface area contributed by atoms with Crippen molar-refractivity contribution in [1.29, 1.82) is 0 Å². The maximum atomic E-state index is 12.3. The zero-order valence-electron chi connectivity index (χ0n) is 12.9. The van der Waals surface area contributed by atoms with Gasteiger partial charge in [-0.05, 0) is 25.1 Å². The maximum absolute atomic E-state index is 12.3. The lowest BCUT2D eigenvalue weighted by Crippen LogP contribution is -2.11. The minimum absolute atomic E-state index is 0.224. The number of carbonyl (C=O) groups excluding carboxylic acids is 1. The molecule has 8 nitrogen and oxygen atoms in total. The summed E-state index contributed by atoms with van der Waals surface area (Å²) < 4.78 is 12.3. The van der Waals surface area contributed by atoms with Crippen molar-refractivity contribution in [2.45, 2.75) is 6.92 Å². The third kappa shape index (κ3) is 2.48. The van der Waals surface area contributed by atoms with E-state index in [-0.39, 0.29) is 12.7 Å². The van der Waals surface area contributed by atoms with Crippen molar-refractivity contribution < 1.29 is 14.3 Å². The van der Waals surface area contributed by atoms with Gasteiger partial charge in [0, 0.05) is 12.6 Å². The number of hydrogen-bond acceptors (Lipinski definition) is 7. The van der Waals surface area contributed by atoms with Gasteiger partial charge in [0.15, 0.2) is 17.3 Å². The van der Waals surface area contributed by atoms with E-state index in [4.69, 9.17) is 9.47 Å². The average Bonchev–Trinajstić information content (AvgIpc) is 3.30. The summed E-state index contributed by atoms with van der Waals surface area (Å²) in [7, 11) is 1.77. The molecule has 0 atom stereocenters. The zero-order chi connectivity index (χ0) is 16.7. The van der Waals surface area contributed by atoms with Gasteiger partial charge >= 0.3 is 0 Å². The third-order valence-corrected chi connectivity index (χ3v) is 4.73. The number of amides is 1. The largest absolute Gasteiger partial charge is 0.454 e. The van der Waals surface area contributed by atoms with Crippen LogP contribution < -0.4 is 14.8 Å². The van der Waals surface area contributed by atoms with E-state index in [9.17, 15) is 4.79 Å². The second-order valence-electron chi connectivity index (χ2n) is 5.20. The van der Waals surface area contributed by atoms with Gasteiger partial charge in [-0.1, -0.05) is 5.21 Å². The van der Waals surface area contributed by atoms with Crippen LogP contribution in [0.1, 0.15) is 15.4 Å². The van der Waals surface area contributed by atoms with Crippen LogP contribution in [-0.4, -0.2) is 32.7 Å². The number of anilines is 1. The molecular formula is C15H13N5O3S. The van der Waals surface area contributed by atoms with Crippen LogP contribution >= 0.6 is 11.3 Å². The predicted molar refractivity (Wildman–Crippen MR) is 87.4 cm³/mol. The summed E-state index contributed by atoms with van der Waals surface area (Å²) in [5.74, 6) is 1.58. The summed E-state index contributed by atoms with van der Waals surface area (Å²) in [5, 5.41) is 11.3. The smallest absolute Gasteiger partial charge is 0.268 e. The fourth-order valence-electron chi connectivity index (χ4n) is 2.23. The molecule has 0 unspecified atom stereocenters. The van der Waals surface area contributed by atoms with Gasteiger partial charge in [-0.2, -0.15) is 0 Å². The molecule has 0 saturated heterocycles. The fourth-order valence-corrected chi connectivity index (χ4v) is 3.04. The molecule has 1 aliphatic rings. The second kappa shape index (κ2) is 5.60. The van der Waals surface area contributed by atoms with Crippen molar-refractivity contribution in [2.24, 2.45) is 7.05 Å². The first kappa shape index (κ1) is 14.6. The van der Waals surface area contributed by atoms with E-state index in [0.717, 1.165) is 16.3 Å². The SMILES string of the molecule is Cc1c(NC(=O)c2cnc(-c3ccc4c(c3)OCO4)s2)nnn1C. The summed E-state index contributed by atoms with van der Waals surface area (Å²) in [6.45, 7) is 2.06. The minimum Gasteiger partial charge on any atom is -0.454 e. The number of nitrogens with one attached hydrogen (secondary N) is 1. The Bertz CT molecular complexity index is 933. The van der Waals surface area contributed by atoms with Gasteiger partial charge in [0.25, 0.3) is 5.91 Å². The lowest BCUT2D eigenvalue weighted by molar-refractivity contribution is 0.103. The molecule has 1 amide bonds. The van der Waals surface area contributed by atoms with Crippen LogP contribution in [-0.2, 0) is 7.05 Å². The number of aryl methyl sites for hydroxylation is 1. The topological polar surface area (TPSA) is 91.2 Å². The minimum atomic E-state index is -0.261. The van der Waals surface area contributed by atoms with Crippen LogP contribution in [0, 0.1) is 6.92 Å².